The number of hydrogen-bond donors (Lipinski definition) is 1. The Labute approximate surface area is 102 Å². The smallest absolute Gasteiger partial charge is 0.0950 e. The predicted molar refractivity (Wildman–Crippen MR) is 71.7 cm³/mol. The number of hydrogen-bond acceptors (Lipinski definition) is 2. The lowest BCUT2D eigenvalue weighted by Gasteiger charge is -2.15. The van der Waals surface area contributed by atoms with E-state index in [1.54, 1.807) is 0 Å². The van der Waals surface area contributed by atoms with E-state index in [0.717, 1.165) is 28.7 Å². The SMILES string of the molecule is C#CC(NCC)c1cc(C)nc2ccccc12. The van der Waals surface area contributed by atoms with Crippen LogP contribution in [0.25, 0.3) is 10.9 Å². The van der Waals surface area contributed by atoms with Crippen molar-refractivity contribution >= 4 is 10.9 Å². The first-order valence-electron chi connectivity index (χ1n) is 5.82. The first-order valence-corrected chi connectivity index (χ1v) is 5.82. The van der Waals surface area contributed by atoms with Gasteiger partial charge in [0.15, 0.2) is 0 Å². The van der Waals surface area contributed by atoms with Gasteiger partial charge in [-0.1, -0.05) is 31.0 Å². The van der Waals surface area contributed by atoms with E-state index in [4.69, 9.17) is 6.42 Å². The minimum Gasteiger partial charge on any atom is -0.300 e. The molecule has 2 nitrogen and oxygen atoms in total. The van der Waals surface area contributed by atoms with E-state index >= 15 is 0 Å². The van der Waals surface area contributed by atoms with Crippen molar-refractivity contribution in [3.8, 4) is 12.3 Å². The van der Waals surface area contributed by atoms with E-state index in [1.165, 1.54) is 0 Å². The van der Waals surface area contributed by atoms with Gasteiger partial charge in [0.1, 0.15) is 0 Å². The van der Waals surface area contributed by atoms with Gasteiger partial charge in [-0.05, 0) is 31.2 Å². The van der Waals surface area contributed by atoms with Crippen molar-refractivity contribution in [2.45, 2.75) is 19.9 Å². The zero-order valence-corrected chi connectivity index (χ0v) is 10.2. The van der Waals surface area contributed by atoms with E-state index in [9.17, 15) is 0 Å². The third kappa shape index (κ3) is 2.30. The highest BCUT2D eigenvalue weighted by molar-refractivity contribution is 5.83. The third-order valence-electron chi connectivity index (χ3n) is 2.76. The molecule has 0 bridgehead atoms. The Hall–Kier alpha value is -1.85. The van der Waals surface area contributed by atoms with Crippen molar-refractivity contribution < 1.29 is 0 Å². The molecule has 86 valence electrons. The summed E-state index contributed by atoms with van der Waals surface area (Å²) in [7, 11) is 0. The molecule has 1 aromatic carbocycles. The number of fused-ring (bicyclic) bond motifs is 1. The number of terminal acetylenes is 1. The molecule has 2 rings (SSSR count). The highest BCUT2D eigenvalue weighted by Crippen LogP contribution is 2.23. The van der Waals surface area contributed by atoms with Crippen LogP contribution in [-0.4, -0.2) is 11.5 Å². The Kier molecular flexibility index (Phi) is 3.41. The first-order chi connectivity index (χ1) is 8.26. The van der Waals surface area contributed by atoms with Crippen LogP contribution in [0.5, 0.6) is 0 Å². The van der Waals surface area contributed by atoms with Gasteiger partial charge in [0.05, 0.1) is 11.6 Å². The normalized spacial score (nSPS) is 12.3. The van der Waals surface area contributed by atoms with Gasteiger partial charge in [0.2, 0.25) is 0 Å². The van der Waals surface area contributed by atoms with Crippen molar-refractivity contribution in [1.29, 1.82) is 0 Å². The molecule has 17 heavy (non-hydrogen) atoms. The lowest BCUT2D eigenvalue weighted by molar-refractivity contribution is 0.668. The molecule has 0 radical (unpaired) electrons. The fourth-order valence-corrected chi connectivity index (χ4v) is 2.04. The molecule has 0 aliphatic carbocycles. The van der Waals surface area contributed by atoms with Gasteiger partial charge in [-0.25, -0.2) is 0 Å². The molecule has 2 heteroatoms. The second kappa shape index (κ2) is 4.99. The van der Waals surface area contributed by atoms with E-state index in [1.807, 2.05) is 25.1 Å². The van der Waals surface area contributed by atoms with Crippen LogP contribution in [0.15, 0.2) is 30.3 Å². The average Bonchev–Trinajstić information content (AvgIpc) is 2.35. The lowest BCUT2D eigenvalue weighted by atomic mass is 10.0. The van der Waals surface area contributed by atoms with Gasteiger partial charge in [0.25, 0.3) is 0 Å². The summed E-state index contributed by atoms with van der Waals surface area (Å²) >= 11 is 0. The van der Waals surface area contributed by atoms with Crippen molar-refractivity contribution in [3.05, 3.63) is 41.6 Å². The number of aromatic nitrogens is 1. The third-order valence-corrected chi connectivity index (χ3v) is 2.76. The van der Waals surface area contributed by atoms with E-state index in [-0.39, 0.29) is 6.04 Å². The second-order valence-corrected chi connectivity index (χ2v) is 4.03. The summed E-state index contributed by atoms with van der Waals surface area (Å²) in [5.74, 6) is 2.80. The maximum absolute atomic E-state index is 5.60. The molecule has 0 fully saturated rings. The van der Waals surface area contributed by atoms with Gasteiger partial charge in [-0.15, -0.1) is 6.42 Å². The zero-order chi connectivity index (χ0) is 12.3. The van der Waals surface area contributed by atoms with Crippen LogP contribution in [0.1, 0.15) is 24.2 Å². The van der Waals surface area contributed by atoms with Gasteiger partial charge in [-0.3, -0.25) is 4.98 Å². The number of rotatable bonds is 3. The summed E-state index contributed by atoms with van der Waals surface area (Å²) in [6.07, 6.45) is 5.60. The van der Waals surface area contributed by atoms with Gasteiger partial charge in [0, 0.05) is 11.1 Å². The molecule has 2 aromatic rings. The predicted octanol–water partition coefficient (Wildman–Crippen LogP) is 2.83. The lowest BCUT2D eigenvalue weighted by Crippen LogP contribution is -2.19. The van der Waals surface area contributed by atoms with E-state index in [2.05, 4.69) is 35.3 Å². The molecule has 1 unspecified atom stereocenters. The molecule has 1 atom stereocenters. The Balaban J connectivity index is 2.63. The quantitative estimate of drug-likeness (QED) is 0.811. The molecule has 0 amide bonds. The first kappa shape index (κ1) is 11.6. The summed E-state index contributed by atoms with van der Waals surface area (Å²) < 4.78 is 0. The van der Waals surface area contributed by atoms with Crippen LogP contribution in [-0.2, 0) is 0 Å². The minimum atomic E-state index is -0.0494. The van der Waals surface area contributed by atoms with Crippen LogP contribution in [0, 0.1) is 19.3 Å². The fraction of sp³-hybridized carbons (Fsp3) is 0.267. The van der Waals surface area contributed by atoms with Gasteiger partial charge < -0.3 is 5.32 Å². The standard InChI is InChI=1S/C15H16N2/c1-4-14(16-5-2)13-10-11(3)17-15-9-7-6-8-12(13)15/h1,6-10,14,16H,5H2,2-3H3. The van der Waals surface area contributed by atoms with Gasteiger partial charge in [-0.2, -0.15) is 0 Å². The monoisotopic (exact) mass is 224 g/mol. The summed E-state index contributed by atoms with van der Waals surface area (Å²) in [6.45, 7) is 4.90. The van der Waals surface area contributed by atoms with Crippen molar-refractivity contribution in [2.24, 2.45) is 0 Å². The minimum absolute atomic E-state index is 0.0494. The second-order valence-electron chi connectivity index (χ2n) is 4.03. The number of nitrogens with one attached hydrogen (secondary N) is 1. The molecule has 0 saturated heterocycles. The highest BCUT2D eigenvalue weighted by Gasteiger charge is 2.11. The van der Waals surface area contributed by atoms with Crippen molar-refractivity contribution in [3.63, 3.8) is 0 Å². The summed E-state index contributed by atoms with van der Waals surface area (Å²) in [4.78, 5) is 4.52. The average molecular weight is 224 g/mol. The molecule has 0 saturated carbocycles. The summed E-state index contributed by atoms with van der Waals surface area (Å²) in [5, 5.41) is 4.43. The molecule has 0 aliphatic heterocycles. The summed E-state index contributed by atoms with van der Waals surface area (Å²) in [6, 6.07) is 10.1. The number of benzene rings is 1. The molecule has 0 spiro atoms. The molecule has 1 aromatic heterocycles. The van der Waals surface area contributed by atoms with Crippen LogP contribution in [0.3, 0.4) is 0 Å². The van der Waals surface area contributed by atoms with Crippen molar-refractivity contribution in [1.82, 2.24) is 10.3 Å². The Morgan fingerprint density at radius 3 is 2.88 bits per heavy atom. The fourth-order valence-electron chi connectivity index (χ4n) is 2.04. The largest absolute Gasteiger partial charge is 0.300 e. The van der Waals surface area contributed by atoms with Crippen molar-refractivity contribution in [2.75, 3.05) is 6.54 Å². The Bertz CT molecular complexity index is 567. The van der Waals surface area contributed by atoms with Crippen LogP contribution in [0.4, 0.5) is 0 Å². The molecular weight excluding hydrogens is 208 g/mol. The number of nitrogens with zero attached hydrogens (tertiary/aromatic N) is 1. The topological polar surface area (TPSA) is 24.9 Å². The van der Waals surface area contributed by atoms with Crippen LogP contribution in [0.2, 0.25) is 0 Å². The van der Waals surface area contributed by atoms with Crippen LogP contribution < -0.4 is 5.32 Å². The summed E-state index contributed by atoms with van der Waals surface area (Å²) in [5.41, 5.74) is 3.13. The Morgan fingerprint density at radius 2 is 2.18 bits per heavy atom. The molecular formula is C15H16N2. The van der Waals surface area contributed by atoms with Gasteiger partial charge >= 0.3 is 0 Å². The Morgan fingerprint density at radius 1 is 1.41 bits per heavy atom. The van der Waals surface area contributed by atoms with Crippen LogP contribution >= 0.6 is 0 Å². The maximum atomic E-state index is 5.60. The molecule has 0 aliphatic rings. The molecule has 1 heterocycles. The maximum Gasteiger partial charge on any atom is 0.0950 e. The molecule has 1 N–H and O–H groups in total. The number of para-hydroxylation sites is 1. The van der Waals surface area contributed by atoms with E-state index < -0.39 is 0 Å². The number of aryl methyl sites for hydroxylation is 1. The zero-order valence-electron chi connectivity index (χ0n) is 10.2. The number of pyridine rings is 1. The van der Waals surface area contributed by atoms with E-state index in [0.29, 0.717) is 0 Å². The highest BCUT2D eigenvalue weighted by atomic mass is 14.9.